The molecule has 2 fully saturated rings. The van der Waals surface area contributed by atoms with Gasteiger partial charge in [0.1, 0.15) is 30.7 Å². The highest BCUT2D eigenvalue weighted by molar-refractivity contribution is 7.99. The van der Waals surface area contributed by atoms with Gasteiger partial charge < -0.3 is 121 Å². The first-order valence-electron chi connectivity index (χ1n) is 36.0. The summed E-state index contributed by atoms with van der Waals surface area (Å²) in [6.45, 7) is 4.05. The second-order valence-corrected chi connectivity index (χ2v) is 27.9. The smallest absolute Gasteiger partial charge is 0.364 e. The van der Waals surface area contributed by atoms with Crippen LogP contribution in [0.4, 0.5) is 0 Å². The third-order valence-electron chi connectivity index (χ3n) is 17.2. The number of carboxylic acid groups (broad SMARTS) is 2. The van der Waals surface area contributed by atoms with Crippen molar-refractivity contribution in [1.29, 1.82) is 0 Å². The average Bonchev–Trinajstić information content (AvgIpc) is 0.774. The maximum Gasteiger partial charge on any atom is 0.364 e. The van der Waals surface area contributed by atoms with Gasteiger partial charge in [-0.25, -0.2) is 9.59 Å². The molecule has 0 saturated carbocycles. The van der Waals surface area contributed by atoms with Crippen LogP contribution in [-0.4, -0.2) is 290 Å². The molecule has 2 aliphatic heterocycles. The van der Waals surface area contributed by atoms with Gasteiger partial charge in [-0.05, 0) is 89.1 Å². The summed E-state index contributed by atoms with van der Waals surface area (Å²) in [6, 6.07) is 35.5. The van der Waals surface area contributed by atoms with E-state index in [0.717, 1.165) is 29.2 Å². The maximum atomic E-state index is 13.7. The van der Waals surface area contributed by atoms with Crippen LogP contribution in [0.15, 0.2) is 127 Å². The quantitative estimate of drug-likeness (QED) is 0.0248. The van der Waals surface area contributed by atoms with Gasteiger partial charge in [-0.15, -0.1) is 0 Å². The van der Waals surface area contributed by atoms with Crippen LogP contribution >= 0.6 is 23.5 Å². The lowest BCUT2D eigenvalue weighted by Crippen LogP contribution is -2.68. The molecule has 598 valence electrons. The second kappa shape index (κ2) is 47.5. The van der Waals surface area contributed by atoms with Gasteiger partial charge in [0, 0.05) is 87.1 Å². The number of benzene rings is 5. The third kappa shape index (κ3) is 29.1. The predicted molar refractivity (Wildman–Crippen MR) is 402 cm³/mol. The van der Waals surface area contributed by atoms with Crippen molar-refractivity contribution >= 4 is 65.0 Å². The molecule has 5 aromatic rings. The van der Waals surface area contributed by atoms with Crippen molar-refractivity contribution in [1.82, 2.24) is 26.6 Å². The minimum Gasteiger partial charge on any atom is -0.490 e. The number of carbonyl (C=O) groups excluding carboxylic acids is 5. The molecule has 33 heteroatoms. The van der Waals surface area contributed by atoms with Crippen molar-refractivity contribution < 1.29 is 122 Å². The number of thioether (sulfide) groups is 2. The number of aliphatic hydroxyl groups excluding tert-OH is 6. The van der Waals surface area contributed by atoms with E-state index < -0.39 is 134 Å². The van der Waals surface area contributed by atoms with Gasteiger partial charge in [0.25, 0.3) is 35.2 Å². The summed E-state index contributed by atoms with van der Waals surface area (Å²) >= 11 is 2.82. The summed E-state index contributed by atoms with van der Waals surface area (Å²) in [5.41, 5.74) is 9.93. The van der Waals surface area contributed by atoms with Crippen molar-refractivity contribution in [2.45, 2.75) is 105 Å². The molecule has 109 heavy (non-hydrogen) atoms. The van der Waals surface area contributed by atoms with E-state index in [2.05, 4.69) is 26.6 Å². The molecular weight excluding hydrogens is 1460 g/mol. The average molecular weight is 1560 g/mol. The molecule has 2 aliphatic rings. The van der Waals surface area contributed by atoms with Crippen LogP contribution in [0.1, 0.15) is 80.5 Å². The van der Waals surface area contributed by atoms with E-state index in [4.69, 9.17) is 53.1 Å². The van der Waals surface area contributed by atoms with Crippen LogP contribution in [0, 0.1) is 0 Å². The molecule has 5 aromatic carbocycles. The number of carbonyl (C=O) groups is 7. The Bertz CT molecular complexity index is 3580. The topological polar surface area (TPSA) is 460 Å². The zero-order valence-corrected chi connectivity index (χ0v) is 62.5. The van der Waals surface area contributed by atoms with E-state index in [1.165, 1.54) is 41.7 Å². The van der Waals surface area contributed by atoms with Gasteiger partial charge in [0.05, 0.1) is 121 Å². The Morgan fingerprint density at radius 2 is 0.936 bits per heavy atom. The lowest BCUT2D eigenvalue weighted by Gasteiger charge is -2.46. The van der Waals surface area contributed by atoms with E-state index in [1.54, 1.807) is 48.5 Å². The number of aliphatic hydroxyl groups is 6. The Labute approximate surface area is 640 Å². The molecule has 0 aromatic heterocycles. The van der Waals surface area contributed by atoms with Crippen molar-refractivity contribution in [3.8, 4) is 28.0 Å². The minimum absolute atomic E-state index is 0.0122. The largest absolute Gasteiger partial charge is 0.490 e. The first-order chi connectivity index (χ1) is 52.6. The fourth-order valence-corrected chi connectivity index (χ4v) is 13.1. The molecule has 2 heterocycles. The van der Waals surface area contributed by atoms with Crippen molar-refractivity contribution in [3.63, 3.8) is 0 Å². The predicted octanol–water partition coefficient (Wildman–Crippen LogP) is 2.24. The van der Waals surface area contributed by atoms with E-state index in [-0.39, 0.29) is 88.0 Å². The first kappa shape index (κ1) is 88.5. The highest BCUT2D eigenvalue weighted by Gasteiger charge is 2.56. The first-order valence-corrected chi connectivity index (χ1v) is 38.4. The van der Waals surface area contributed by atoms with Crippen molar-refractivity contribution in [2.75, 3.05) is 142 Å². The molecule has 7 rings (SSSR count). The molecular formula is C76H102N6O25S2. The number of aliphatic carboxylic acids is 2. The van der Waals surface area contributed by atoms with Gasteiger partial charge in [-0.3, -0.25) is 24.0 Å². The number of nitrogens with two attached hydrogens (primary N) is 1. The molecule has 0 aliphatic carbocycles. The Kier molecular flexibility index (Phi) is 38.5. The summed E-state index contributed by atoms with van der Waals surface area (Å²) in [4.78, 5) is 91.1. The Hall–Kier alpha value is -7.75. The number of hydrogen-bond acceptors (Lipinski definition) is 26. The summed E-state index contributed by atoms with van der Waals surface area (Å²) in [5.74, 6) is -9.06. The molecule has 0 radical (unpaired) electrons. The van der Waals surface area contributed by atoms with Crippen LogP contribution < -0.4 is 37.1 Å². The molecule has 2 saturated heterocycles. The van der Waals surface area contributed by atoms with Gasteiger partial charge in [-0.2, -0.15) is 23.5 Å². The Morgan fingerprint density at radius 3 is 1.41 bits per heavy atom. The second-order valence-electron chi connectivity index (χ2n) is 25.4. The number of hydrogen-bond donors (Lipinski definition) is 14. The lowest BCUT2D eigenvalue weighted by atomic mass is 9.88. The molecule has 15 N–H and O–H groups in total. The zero-order chi connectivity index (χ0) is 78.4. The van der Waals surface area contributed by atoms with E-state index in [1.807, 2.05) is 60.7 Å². The van der Waals surface area contributed by atoms with Crippen LogP contribution in [0.3, 0.4) is 0 Å². The number of ether oxygens (including phenoxy) is 10. The molecule has 11 atom stereocenters. The van der Waals surface area contributed by atoms with E-state index in [9.17, 15) is 74.4 Å². The minimum atomic E-state index is -2.53. The zero-order valence-electron chi connectivity index (χ0n) is 60.8. The standard InChI is InChI=1S/C76H102N6O25S2/c1-50(83)82-65-60(85)47-76(74(96)97,107-68(65)67(89)62(87)49-81-70(91)56-20-16-54(17-21-56)52-12-6-3-7-13-52)105-28-9-41-109-43-26-79-72(93)59-23-22-57(44-63(59)103-39-38-102-37-36-101-35-34-100-33-32-99-31-30-98-29-24-77)71(92)78-25-42-108-40-8-27-104-75(73(94)95)46-58(84)45-64(106-75)66(88)61(86)48-80-69(90)55-18-14-53(15-19-55)51-10-4-2-5-11-51/h2-7,10-23,44,58,60-62,64-68,84-89H,8-9,24-43,45-49,77H2,1H3,(H,78,92)(H,79,93)(H,80,90)(H,81,91)(H,82,83)(H,94,95)(H,96,97)/t58-,60+,61-,62-,64-,65-,66-,67-,68-,75-,76-/m1/s1. The maximum absolute atomic E-state index is 13.7. The van der Waals surface area contributed by atoms with Gasteiger partial charge in [0.15, 0.2) is 0 Å². The Balaban J connectivity index is 0.841. The monoisotopic (exact) mass is 1560 g/mol. The fourth-order valence-electron chi connectivity index (χ4n) is 11.6. The summed E-state index contributed by atoms with van der Waals surface area (Å²) in [6.07, 6.45) is -13.8. The summed E-state index contributed by atoms with van der Waals surface area (Å²) in [7, 11) is 0. The molecule has 31 nitrogen and oxygen atoms in total. The lowest BCUT2D eigenvalue weighted by molar-refractivity contribution is -0.310. The van der Waals surface area contributed by atoms with Crippen molar-refractivity contribution in [2.24, 2.45) is 5.73 Å². The number of amides is 5. The molecule has 0 unspecified atom stereocenters. The van der Waals surface area contributed by atoms with E-state index >= 15 is 0 Å². The SMILES string of the molecule is CC(=O)N[C@H]1[C@H]([C@H](O)[C@H](O)CNC(=O)c2ccc(-c3ccccc3)cc2)O[C@@](OCCCSCCNC(=O)c2ccc(C(=O)NCCSCCCO[C@]3(C(=O)O)C[C@H](O)C[C@H]([C@H](O)[C@H](O)CNC(=O)c4ccc(-c5ccccc5)cc4)O3)cc2OCCOCCOCCOCCOCCOCCN)(C(=O)O)C[C@@H]1O. The van der Waals surface area contributed by atoms with Crippen molar-refractivity contribution in [3.05, 3.63) is 150 Å². The molecule has 0 spiro atoms. The summed E-state index contributed by atoms with van der Waals surface area (Å²) in [5, 5.41) is 101. The van der Waals surface area contributed by atoms with Gasteiger partial charge in [-0.1, -0.05) is 84.9 Å². The summed E-state index contributed by atoms with van der Waals surface area (Å²) < 4.78 is 56.8. The molecule has 0 bridgehead atoms. The van der Waals surface area contributed by atoms with Crippen LogP contribution in [0.25, 0.3) is 22.3 Å². The fraction of sp³-hybridized carbons (Fsp3) is 0.513. The highest BCUT2D eigenvalue weighted by atomic mass is 32.2. The van der Waals surface area contributed by atoms with E-state index in [0.29, 0.717) is 87.8 Å². The van der Waals surface area contributed by atoms with Crippen LogP contribution in [-0.2, 0) is 57.0 Å². The van der Waals surface area contributed by atoms with Gasteiger partial charge in [0.2, 0.25) is 5.91 Å². The van der Waals surface area contributed by atoms with Crippen LogP contribution in [0.2, 0.25) is 0 Å². The number of nitrogens with one attached hydrogen (secondary N) is 5. The normalized spacial score (nSPS) is 20.2. The van der Waals surface area contributed by atoms with Crippen LogP contribution in [0.5, 0.6) is 5.75 Å². The number of rotatable bonds is 51. The number of carboxylic acids is 2. The Morgan fingerprint density at radius 1 is 0.505 bits per heavy atom. The third-order valence-corrected chi connectivity index (χ3v) is 19.4. The highest BCUT2D eigenvalue weighted by Crippen LogP contribution is 2.36. The van der Waals surface area contributed by atoms with Gasteiger partial charge >= 0.3 is 11.9 Å². The molecule has 5 amide bonds.